The van der Waals surface area contributed by atoms with Crippen LogP contribution in [0.5, 0.6) is 0 Å². The highest BCUT2D eigenvalue weighted by molar-refractivity contribution is 7.07. The van der Waals surface area contributed by atoms with Crippen LogP contribution in [0.2, 0.25) is 0 Å². The smallest absolute Gasteiger partial charge is 0.345 e. The highest BCUT2D eigenvalue weighted by Gasteiger charge is 2.29. The van der Waals surface area contributed by atoms with Crippen molar-refractivity contribution in [1.29, 1.82) is 5.26 Å². The van der Waals surface area contributed by atoms with Gasteiger partial charge in [0, 0.05) is 25.8 Å². The van der Waals surface area contributed by atoms with Gasteiger partial charge in [-0.25, -0.2) is 4.98 Å². The Morgan fingerprint density at radius 3 is 2.51 bits per heavy atom. The van der Waals surface area contributed by atoms with Gasteiger partial charge in [0.15, 0.2) is 5.57 Å². The molecule has 2 aromatic rings. The molecule has 0 radical (unpaired) electrons. The molecule has 3 rings (SSSR count). The lowest BCUT2D eigenvalue weighted by molar-refractivity contribution is -0.135. The van der Waals surface area contributed by atoms with Crippen molar-refractivity contribution in [2.24, 2.45) is 11.8 Å². The van der Waals surface area contributed by atoms with E-state index in [0.717, 1.165) is 35.4 Å². The Hall–Kier alpha value is -3.70. The number of pyridine rings is 1. The predicted molar refractivity (Wildman–Crippen MR) is 142 cm³/mol. The SMILES string of the molecule is CCn1c(=C(C#N)C(=O)NCC(F)(F)F)sc(=CNc2cccc(NC(=O)CN3CC(C)CC(C)C3)n2)c1=O. The number of carbonyl (C=O) groups excluding carboxylic acids is 2. The summed E-state index contributed by atoms with van der Waals surface area (Å²) in [4.78, 5) is 44.1. The number of amides is 2. The molecule has 1 saturated heterocycles. The Morgan fingerprint density at radius 1 is 1.23 bits per heavy atom. The number of aromatic nitrogens is 2. The first-order valence-electron chi connectivity index (χ1n) is 12.3. The van der Waals surface area contributed by atoms with E-state index in [1.807, 2.05) is 0 Å². The maximum Gasteiger partial charge on any atom is 0.405 e. The monoisotopic (exact) mass is 565 g/mol. The molecular weight excluding hydrogens is 535 g/mol. The van der Waals surface area contributed by atoms with Crippen molar-refractivity contribution < 1.29 is 22.8 Å². The van der Waals surface area contributed by atoms with Gasteiger partial charge in [0.05, 0.1) is 6.54 Å². The molecular formula is C25H30F3N7O3S. The number of nitrogens with zero attached hydrogens (tertiary/aromatic N) is 4. The summed E-state index contributed by atoms with van der Waals surface area (Å²) in [6.07, 6.45) is -2.18. The van der Waals surface area contributed by atoms with Crippen molar-refractivity contribution in [3.63, 3.8) is 0 Å². The Bertz CT molecular complexity index is 1420. The van der Waals surface area contributed by atoms with Gasteiger partial charge in [-0.15, -0.1) is 11.3 Å². The van der Waals surface area contributed by atoms with Crippen LogP contribution in [0.3, 0.4) is 0 Å². The van der Waals surface area contributed by atoms with Crippen LogP contribution in [0, 0.1) is 23.2 Å². The zero-order valence-electron chi connectivity index (χ0n) is 21.8. The molecule has 39 heavy (non-hydrogen) atoms. The van der Waals surface area contributed by atoms with Crippen LogP contribution in [0.4, 0.5) is 24.8 Å². The third-order valence-electron chi connectivity index (χ3n) is 5.91. The largest absolute Gasteiger partial charge is 0.405 e. The van der Waals surface area contributed by atoms with E-state index in [9.17, 15) is 32.8 Å². The third-order valence-corrected chi connectivity index (χ3v) is 7.04. The van der Waals surface area contributed by atoms with Gasteiger partial charge in [-0.05, 0) is 37.3 Å². The Balaban J connectivity index is 1.78. The van der Waals surface area contributed by atoms with Gasteiger partial charge in [-0.2, -0.15) is 18.4 Å². The second kappa shape index (κ2) is 12.9. The maximum absolute atomic E-state index is 12.8. The van der Waals surface area contributed by atoms with Gasteiger partial charge in [0.2, 0.25) is 5.91 Å². The minimum absolute atomic E-state index is 0.0620. The molecule has 3 N–H and O–H groups in total. The first-order valence-corrected chi connectivity index (χ1v) is 13.2. The number of piperidine rings is 1. The van der Waals surface area contributed by atoms with E-state index >= 15 is 0 Å². The van der Waals surface area contributed by atoms with Crippen molar-refractivity contribution >= 4 is 46.6 Å². The van der Waals surface area contributed by atoms with Gasteiger partial charge < -0.3 is 16.0 Å². The van der Waals surface area contributed by atoms with Crippen LogP contribution in [-0.4, -0.2) is 58.6 Å². The van der Waals surface area contributed by atoms with Crippen LogP contribution in [0.25, 0.3) is 11.8 Å². The first kappa shape index (κ1) is 29.9. The average Bonchev–Trinajstić information content (AvgIpc) is 3.15. The summed E-state index contributed by atoms with van der Waals surface area (Å²) in [5.74, 6) is 0.259. The summed E-state index contributed by atoms with van der Waals surface area (Å²) in [7, 11) is 0. The zero-order chi connectivity index (χ0) is 28.7. The fourth-order valence-corrected chi connectivity index (χ4v) is 5.57. The number of nitriles is 1. The van der Waals surface area contributed by atoms with E-state index < -0.39 is 29.8 Å². The van der Waals surface area contributed by atoms with Gasteiger partial charge in [-0.3, -0.25) is 23.9 Å². The number of halogens is 3. The molecule has 1 fully saturated rings. The number of anilines is 2. The third kappa shape index (κ3) is 8.39. The number of hydrogen-bond donors (Lipinski definition) is 3. The van der Waals surface area contributed by atoms with E-state index in [1.165, 1.54) is 6.20 Å². The molecule has 1 aliphatic rings. The van der Waals surface area contributed by atoms with Gasteiger partial charge in [-0.1, -0.05) is 19.9 Å². The van der Waals surface area contributed by atoms with Gasteiger partial charge in [0.25, 0.3) is 11.5 Å². The lowest BCUT2D eigenvalue weighted by Gasteiger charge is -2.34. The van der Waals surface area contributed by atoms with E-state index in [1.54, 1.807) is 36.5 Å². The molecule has 0 bridgehead atoms. The van der Waals surface area contributed by atoms with Crippen LogP contribution < -0.4 is 30.7 Å². The van der Waals surface area contributed by atoms with Crippen molar-refractivity contribution in [3.8, 4) is 6.07 Å². The standard InChI is InChI=1S/C25H30F3N7O3S/c1-4-35-23(38)18(39-24(35)17(9-29)22(37)31-14-25(26,27)28)10-30-19-6-5-7-20(32-19)33-21(36)13-34-11-15(2)8-16(3)12-34/h5-7,10,15-16H,4,8,11-14H2,1-3H3,(H,31,37)(H2,30,32,33,36). The normalized spacial score (nSPS) is 19.3. The lowest BCUT2D eigenvalue weighted by Crippen LogP contribution is -2.42. The molecule has 14 heteroatoms. The van der Waals surface area contributed by atoms with Gasteiger partial charge in [0.1, 0.15) is 33.4 Å². The summed E-state index contributed by atoms with van der Waals surface area (Å²) in [6.45, 7) is 6.39. The van der Waals surface area contributed by atoms with E-state index in [-0.39, 0.29) is 28.2 Å². The van der Waals surface area contributed by atoms with Crippen LogP contribution in [0.15, 0.2) is 23.0 Å². The molecule has 2 amide bonds. The molecule has 0 spiro atoms. The lowest BCUT2D eigenvalue weighted by atomic mass is 9.92. The zero-order valence-corrected chi connectivity index (χ0v) is 22.6. The highest BCUT2D eigenvalue weighted by Crippen LogP contribution is 2.20. The Labute approximate surface area is 226 Å². The second-order valence-corrected chi connectivity index (χ2v) is 10.5. The molecule has 0 aromatic carbocycles. The minimum Gasteiger partial charge on any atom is -0.345 e. The number of alkyl halides is 3. The molecule has 0 aliphatic carbocycles. The molecule has 210 valence electrons. The fraction of sp³-hybridized carbons (Fsp3) is 0.480. The van der Waals surface area contributed by atoms with Crippen LogP contribution >= 0.6 is 11.3 Å². The quantitative estimate of drug-likeness (QED) is 0.441. The topological polar surface area (TPSA) is 132 Å². The molecule has 2 aromatic heterocycles. The molecule has 1 aliphatic heterocycles. The van der Waals surface area contributed by atoms with Crippen molar-refractivity contribution in [1.82, 2.24) is 19.8 Å². The molecule has 2 unspecified atom stereocenters. The van der Waals surface area contributed by atoms with Crippen molar-refractivity contribution in [3.05, 3.63) is 37.7 Å². The van der Waals surface area contributed by atoms with E-state index in [4.69, 9.17) is 0 Å². The molecule has 2 atom stereocenters. The number of thiazole rings is 1. The van der Waals surface area contributed by atoms with E-state index in [0.29, 0.717) is 23.5 Å². The number of hydrogen-bond acceptors (Lipinski definition) is 8. The summed E-state index contributed by atoms with van der Waals surface area (Å²) < 4.78 is 38.6. The second-order valence-electron chi connectivity index (χ2n) is 9.49. The highest BCUT2D eigenvalue weighted by atomic mass is 32.1. The number of likely N-dealkylation sites (tertiary alicyclic amines) is 1. The van der Waals surface area contributed by atoms with Crippen molar-refractivity contribution in [2.45, 2.75) is 39.9 Å². The average molecular weight is 566 g/mol. The minimum atomic E-state index is -4.65. The molecule has 3 heterocycles. The fourth-order valence-electron chi connectivity index (χ4n) is 4.49. The Kier molecular flexibility index (Phi) is 9.87. The summed E-state index contributed by atoms with van der Waals surface area (Å²) in [6, 6.07) is 6.51. The number of rotatable bonds is 8. The van der Waals surface area contributed by atoms with Crippen molar-refractivity contribution in [2.75, 3.05) is 36.8 Å². The Morgan fingerprint density at radius 2 is 1.90 bits per heavy atom. The van der Waals surface area contributed by atoms with E-state index in [2.05, 4.69) is 34.4 Å². The van der Waals surface area contributed by atoms with Crippen LogP contribution in [-0.2, 0) is 16.1 Å². The number of nitrogens with one attached hydrogen (secondary N) is 3. The summed E-state index contributed by atoms with van der Waals surface area (Å²) in [5, 5.41) is 16.7. The first-order chi connectivity index (χ1) is 18.4. The maximum atomic E-state index is 12.8. The van der Waals surface area contributed by atoms with Gasteiger partial charge >= 0.3 is 6.18 Å². The predicted octanol–water partition coefficient (Wildman–Crippen LogP) is 1.44. The summed E-state index contributed by atoms with van der Waals surface area (Å²) >= 11 is 0.787. The molecule has 10 nitrogen and oxygen atoms in total. The summed E-state index contributed by atoms with van der Waals surface area (Å²) in [5.41, 5.74) is -1.13. The molecule has 0 saturated carbocycles. The van der Waals surface area contributed by atoms with Crippen LogP contribution in [0.1, 0.15) is 27.2 Å². The number of carbonyl (C=O) groups is 2.